The van der Waals surface area contributed by atoms with Crippen molar-refractivity contribution >= 4 is 5.78 Å². The molecule has 1 atom stereocenters. The normalized spacial score (nSPS) is 12.0. The van der Waals surface area contributed by atoms with Gasteiger partial charge in [-0.15, -0.1) is 0 Å². The van der Waals surface area contributed by atoms with Gasteiger partial charge in [-0.3, -0.25) is 4.79 Å². The summed E-state index contributed by atoms with van der Waals surface area (Å²) in [4.78, 5) is 12.2. The van der Waals surface area contributed by atoms with Gasteiger partial charge in [-0.1, -0.05) is 12.1 Å². The topological polar surface area (TPSA) is 26.3 Å². The highest BCUT2D eigenvalue weighted by Gasteiger charge is 2.21. The van der Waals surface area contributed by atoms with Crippen LogP contribution in [0.2, 0.25) is 0 Å². The number of hydrogen-bond acceptors (Lipinski definition) is 2. The second-order valence-corrected chi connectivity index (χ2v) is 5.02. The zero-order valence-electron chi connectivity index (χ0n) is 12.1. The van der Waals surface area contributed by atoms with Gasteiger partial charge in [0.2, 0.25) is 5.78 Å². The van der Waals surface area contributed by atoms with Gasteiger partial charge in [0.1, 0.15) is 17.4 Å². The van der Waals surface area contributed by atoms with Crippen LogP contribution in [0.25, 0.3) is 0 Å². The lowest BCUT2D eigenvalue weighted by molar-refractivity contribution is 0.0812. The molecule has 0 radical (unpaired) electrons. The number of carbonyl (C=O) groups is 1. The molecule has 1 unspecified atom stereocenters. The number of ether oxygens (including phenoxy) is 1. The fourth-order valence-electron chi connectivity index (χ4n) is 1.99. The summed E-state index contributed by atoms with van der Waals surface area (Å²) in [7, 11) is 0. The van der Waals surface area contributed by atoms with E-state index in [1.165, 1.54) is 0 Å². The number of ketones is 1. The molecule has 2 aromatic carbocycles. The Hall–Kier alpha value is -2.23. The standard InChI is InChI=1S/C17H16F2O2/c1-10-4-5-11(2)16(8-10)21-12(3)17(20)14-7-6-13(18)9-15(14)19/h4-9,12H,1-3H3. The molecule has 0 aliphatic rings. The number of Topliss-reactive ketones (excluding diaryl/α,β-unsaturated/α-hetero) is 1. The molecule has 2 nitrogen and oxygen atoms in total. The van der Waals surface area contributed by atoms with E-state index in [4.69, 9.17) is 4.74 Å². The molecular formula is C17H16F2O2. The third kappa shape index (κ3) is 3.45. The molecule has 0 saturated heterocycles. The van der Waals surface area contributed by atoms with Crippen molar-refractivity contribution in [3.8, 4) is 5.75 Å². The molecule has 2 rings (SSSR count). The Morgan fingerprint density at radius 3 is 2.48 bits per heavy atom. The van der Waals surface area contributed by atoms with Gasteiger partial charge in [0, 0.05) is 6.07 Å². The second kappa shape index (κ2) is 6.04. The summed E-state index contributed by atoms with van der Waals surface area (Å²) in [6.45, 7) is 5.33. The summed E-state index contributed by atoms with van der Waals surface area (Å²) >= 11 is 0. The molecule has 21 heavy (non-hydrogen) atoms. The number of hydrogen-bond donors (Lipinski definition) is 0. The highest BCUT2D eigenvalue weighted by molar-refractivity contribution is 5.99. The van der Waals surface area contributed by atoms with E-state index in [2.05, 4.69) is 0 Å². The van der Waals surface area contributed by atoms with E-state index in [0.29, 0.717) is 11.8 Å². The van der Waals surface area contributed by atoms with Crippen LogP contribution < -0.4 is 4.74 Å². The highest BCUT2D eigenvalue weighted by atomic mass is 19.1. The minimum absolute atomic E-state index is 0.172. The van der Waals surface area contributed by atoms with E-state index >= 15 is 0 Å². The molecule has 0 aliphatic carbocycles. The number of carbonyl (C=O) groups excluding carboxylic acids is 1. The maximum atomic E-state index is 13.6. The lowest BCUT2D eigenvalue weighted by Gasteiger charge is -2.16. The maximum absolute atomic E-state index is 13.6. The summed E-state index contributed by atoms with van der Waals surface area (Å²) in [5.74, 6) is -1.53. The van der Waals surface area contributed by atoms with Crippen LogP contribution in [-0.4, -0.2) is 11.9 Å². The van der Waals surface area contributed by atoms with Gasteiger partial charge in [0.25, 0.3) is 0 Å². The van der Waals surface area contributed by atoms with E-state index in [-0.39, 0.29) is 5.56 Å². The average molecular weight is 290 g/mol. The van der Waals surface area contributed by atoms with Gasteiger partial charge < -0.3 is 4.74 Å². The Balaban J connectivity index is 2.21. The van der Waals surface area contributed by atoms with Gasteiger partial charge in [0.05, 0.1) is 5.56 Å². The van der Waals surface area contributed by atoms with Crippen molar-refractivity contribution < 1.29 is 18.3 Å². The highest BCUT2D eigenvalue weighted by Crippen LogP contribution is 2.22. The first-order valence-corrected chi connectivity index (χ1v) is 6.61. The fourth-order valence-corrected chi connectivity index (χ4v) is 1.99. The van der Waals surface area contributed by atoms with Crippen molar-refractivity contribution in [3.05, 3.63) is 64.7 Å². The Kier molecular flexibility index (Phi) is 4.36. The van der Waals surface area contributed by atoms with Crippen LogP contribution in [0.4, 0.5) is 8.78 Å². The van der Waals surface area contributed by atoms with Crippen molar-refractivity contribution in [2.45, 2.75) is 26.9 Å². The molecule has 0 aliphatic heterocycles. The van der Waals surface area contributed by atoms with E-state index < -0.39 is 23.5 Å². The monoisotopic (exact) mass is 290 g/mol. The third-order valence-electron chi connectivity index (χ3n) is 3.21. The van der Waals surface area contributed by atoms with Crippen LogP contribution in [0.3, 0.4) is 0 Å². The van der Waals surface area contributed by atoms with Crippen LogP contribution in [0, 0.1) is 25.5 Å². The van der Waals surface area contributed by atoms with Crippen LogP contribution in [-0.2, 0) is 0 Å². The Morgan fingerprint density at radius 1 is 1.10 bits per heavy atom. The molecule has 0 bridgehead atoms. The van der Waals surface area contributed by atoms with Gasteiger partial charge in [-0.25, -0.2) is 8.78 Å². The number of aryl methyl sites for hydroxylation is 2. The minimum Gasteiger partial charge on any atom is -0.482 e. The number of halogens is 2. The first-order valence-electron chi connectivity index (χ1n) is 6.61. The van der Waals surface area contributed by atoms with Gasteiger partial charge in [-0.2, -0.15) is 0 Å². The molecule has 2 aromatic rings. The van der Waals surface area contributed by atoms with Crippen molar-refractivity contribution in [1.29, 1.82) is 0 Å². The Morgan fingerprint density at radius 2 is 1.81 bits per heavy atom. The van der Waals surface area contributed by atoms with E-state index in [0.717, 1.165) is 23.3 Å². The van der Waals surface area contributed by atoms with Crippen molar-refractivity contribution in [1.82, 2.24) is 0 Å². The molecule has 0 aromatic heterocycles. The summed E-state index contributed by atoms with van der Waals surface area (Å²) < 4.78 is 32.1. The Bertz CT molecular complexity index is 680. The zero-order valence-corrected chi connectivity index (χ0v) is 12.1. The molecule has 0 fully saturated rings. The third-order valence-corrected chi connectivity index (χ3v) is 3.21. The number of benzene rings is 2. The van der Waals surface area contributed by atoms with Crippen LogP contribution in [0.1, 0.15) is 28.4 Å². The molecular weight excluding hydrogens is 274 g/mol. The molecule has 0 spiro atoms. The van der Waals surface area contributed by atoms with Crippen LogP contribution >= 0.6 is 0 Å². The predicted octanol–water partition coefficient (Wildman–Crippen LogP) is 4.23. The molecule has 0 N–H and O–H groups in total. The minimum atomic E-state index is -0.878. The van der Waals surface area contributed by atoms with Gasteiger partial charge in [-0.05, 0) is 50.1 Å². The number of rotatable bonds is 4. The van der Waals surface area contributed by atoms with Gasteiger partial charge in [0.15, 0.2) is 6.10 Å². The van der Waals surface area contributed by atoms with Crippen molar-refractivity contribution in [2.24, 2.45) is 0 Å². The molecule has 0 heterocycles. The van der Waals surface area contributed by atoms with Crippen LogP contribution in [0.15, 0.2) is 36.4 Å². The van der Waals surface area contributed by atoms with Crippen molar-refractivity contribution in [2.75, 3.05) is 0 Å². The summed E-state index contributed by atoms with van der Waals surface area (Å²) in [5.41, 5.74) is 1.72. The molecule has 110 valence electrons. The molecule has 0 amide bonds. The first kappa shape index (κ1) is 15.2. The zero-order chi connectivity index (χ0) is 15.6. The predicted molar refractivity (Wildman–Crippen MR) is 76.7 cm³/mol. The smallest absolute Gasteiger partial charge is 0.205 e. The largest absolute Gasteiger partial charge is 0.482 e. The average Bonchev–Trinajstić information content (AvgIpc) is 2.42. The maximum Gasteiger partial charge on any atom is 0.205 e. The fraction of sp³-hybridized carbons (Fsp3) is 0.235. The quantitative estimate of drug-likeness (QED) is 0.788. The molecule has 0 saturated carbocycles. The van der Waals surface area contributed by atoms with Gasteiger partial charge >= 0.3 is 0 Å². The summed E-state index contributed by atoms with van der Waals surface area (Å²) in [5, 5.41) is 0. The second-order valence-electron chi connectivity index (χ2n) is 5.02. The van der Waals surface area contributed by atoms with E-state index in [1.807, 2.05) is 32.0 Å². The Labute approximate surface area is 122 Å². The summed E-state index contributed by atoms with van der Waals surface area (Å²) in [6.07, 6.45) is -0.856. The van der Waals surface area contributed by atoms with E-state index in [1.54, 1.807) is 6.92 Å². The lowest BCUT2D eigenvalue weighted by atomic mass is 10.1. The SMILES string of the molecule is Cc1ccc(C)c(OC(C)C(=O)c2ccc(F)cc2F)c1. The first-order chi connectivity index (χ1) is 9.88. The summed E-state index contributed by atoms with van der Waals surface area (Å²) in [6, 6.07) is 8.53. The van der Waals surface area contributed by atoms with Crippen LogP contribution in [0.5, 0.6) is 5.75 Å². The molecule has 4 heteroatoms. The lowest BCUT2D eigenvalue weighted by Crippen LogP contribution is -2.25. The van der Waals surface area contributed by atoms with Crippen molar-refractivity contribution in [3.63, 3.8) is 0 Å². The van der Waals surface area contributed by atoms with E-state index in [9.17, 15) is 13.6 Å².